The van der Waals surface area contributed by atoms with E-state index in [4.69, 9.17) is 9.47 Å². The fraction of sp³-hybridized carbons (Fsp3) is 0.100. The van der Waals surface area contributed by atoms with E-state index in [2.05, 4.69) is 9.97 Å². The molecule has 5 nitrogen and oxygen atoms in total. The minimum Gasteiger partial charge on any atom is -0.492 e. The van der Waals surface area contributed by atoms with Crippen molar-refractivity contribution in [2.24, 2.45) is 0 Å². The van der Waals surface area contributed by atoms with Crippen LogP contribution in [0.5, 0.6) is 17.2 Å². The highest BCUT2D eigenvalue weighted by Crippen LogP contribution is 2.24. The number of hydrogen-bond donors (Lipinski definition) is 0. The zero-order valence-corrected chi connectivity index (χ0v) is 13.9. The molecule has 0 bridgehead atoms. The first-order valence-corrected chi connectivity index (χ1v) is 8.20. The van der Waals surface area contributed by atoms with Crippen LogP contribution in [0, 0.1) is 5.82 Å². The number of nitrogens with zero attached hydrogens (tertiary/aromatic N) is 3. The molecule has 0 radical (unpaired) electrons. The van der Waals surface area contributed by atoms with E-state index in [1.807, 2.05) is 47.2 Å². The van der Waals surface area contributed by atoms with Crippen LogP contribution in [0.15, 0.2) is 73.2 Å². The Labute approximate surface area is 150 Å². The van der Waals surface area contributed by atoms with Gasteiger partial charge in [-0.15, -0.1) is 0 Å². The lowest BCUT2D eigenvalue weighted by Crippen LogP contribution is -2.10. The van der Waals surface area contributed by atoms with Gasteiger partial charge in [0.25, 0.3) is 0 Å². The quantitative estimate of drug-likeness (QED) is 0.518. The molecule has 0 aromatic heterocycles. The first kappa shape index (κ1) is 16.1. The van der Waals surface area contributed by atoms with Crippen LogP contribution in [-0.4, -0.2) is 21.1 Å². The van der Waals surface area contributed by atoms with Crippen LogP contribution in [0.25, 0.3) is 11.5 Å². The Morgan fingerprint density at radius 1 is 0.846 bits per heavy atom. The largest absolute Gasteiger partial charge is 0.492 e. The van der Waals surface area contributed by atoms with Crippen molar-refractivity contribution in [2.75, 3.05) is 6.61 Å². The number of imidazole rings is 1. The summed E-state index contributed by atoms with van der Waals surface area (Å²) in [7, 11) is 0. The molecule has 4 rings (SSSR count). The summed E-state index contributed by atoms with van der Waals surface area (Å²) in [5, 5.41) is 0. The average molecular weight is 349 g/mol. The molecule has 2 aliphatic heterocycles. The number of hydrogen-bond acceptors (Lipinski definition) is 4. The third kappa shape index (κ3) is 3.64. The van der Waals surface area contributed by atoms with Crippen molar-refractivity contribution in [3.63, 3.8) is 0 Å². The number of fused-ring (bicyclic) bond motifs is 1. The van der Waals surface area contributed by atoms with Crippen molar-refractivity contribution >= 4 is 0 Å². The van der Waals surface area contributed by atoms with E-state index in [9.17, 15) is 4.39 Å². The number of rotatable bonds is 6. The van der Waals surface area contributed by atoms with E-state index < -0.39 is 0 Å². The average Bonchev–Trinajstić information content (AvgIpc) is 3.15. The Hall–Kier alpha value is -3.41. The number of aromatic nitrogens is 3. The number of ether oxygens (including phenoxy) is 2. The van der Waals surface area contributed by atoms with Crippen LogP contribution in [-0.2, 0) is 6.54 Å². The molecule has 0 aliphatic carbocycles. The first-order valence-electron chi connectivity index (χ1n) is 8.20. The monoisotopic (exact) mass is 349 g/mol. The molecular formula is C20H16FN3O2. The van der Waals surface area contributed by atoms with Crippen LogP contribution in [0.4, 0.5) is 4.39 Å². The smallest absolute Gasteiger partial charge is 0.160 e. The van der Waals surface area contributed by atoms with Crippen molar-refractivity contribution in [3.05, 3.63) is 79.0 Å². The highest BCUT2D eigenvalue weighted by Gasteiger charge is 2.08. The maximum Gasteiger partial charge on any atom is 0.160 e. The van der Waals surface area contributed by atoms with Gasteiger partial charge >= 0.3 is 0 Å². The molecule has 130 valence electrons. The van der Waals surface area contributed by atoms with E-state index in [0.717, 1.165) is 17.3 Å². The lowest BCUT2D eigenvalue weighted by Gasteiger charge is -2.12. The molecule has 26 heavy (non-hydrogen) atoms. The fourth-order valence-electron chi connectivity index (χ4n) is 2.60. The summed E-state index contributed by atoms with van der Waals surface area (Å²) in [4.78, 5) is 8.44. The molecule has 0 amide bonds. The van der Waals surface area contributed by atoms with Gasteiger partial charge in [-0.2, -0.15) is 0 Å². The molecule has 0 spiro atoms. The van der Waals surface area contributed by atoms with Crippen molar-refractivity contribution in [2.45, 2.75) is 6.54 Å². The normalized spacial score (nSPS) is 10.8. The standard InChI is InChI=1S/C20H16FN3O2/c21-15-3-5-17(6-4-15)26-18-9-7-16(8-10-18)25-13-12-24-11-1-2-19-20(24)23-14-22-19/h1-11,14H,12-13H2. The van der Waals surface area contributed by atoms with Gasteiger partial charge in [-0.25, -0.2) is 14.4 Å². The van der Waals surface area contributed by atoms with Crippen LogP contribution in [0.3, 0.4) is 0 Å². The van der Waals surface area contributed by atoms with Crippen LogP contribution < -0.4 is 9.47 Å². The Balaban J connectivity index is 1.33. The lowest BCUT2D eigenvalue weighted by atomic mass is 10.3. The van der Waals surface area contributed by atoms with Gasteiger partial charge in [0.15, 0.2) is 5.82 Å². The maximum absolute atomic E-state index is 12.9. The minimum atomic E-state index is -0.289. The van der Waals surface area contributed by atoms with Crippen molar-refractivity contribution < 1.29 is 13.9 Å². The molecule has 0 N–H and O–H groups in total. The zero-order valence-electron chi connectivity index (χ0n) is 13.9. The predicted octanol–water partition coefficient (Wildman–Crippen LogP) is 4.39. The number of benzene rings is 2. The minimum absolute atomic E-state index is 0.289. The molecule has 2 heterocycles. The molecular weight excluding hydrogens is 333 g/mol. The van der Waals surface area contributed by atoms with Gasteiger partial charge in [0.2, 0.25) is 0 Å². The van der Waals surface area contributed by atoms with Gasteiger partial charge in [-0.1, -0.05) is 0 Å². The predicted molar refractivity (Wildman–Crippen MR) is 95.1 cm³/mol. The van der Waals surface area contributed by atoms with Gasteiger partial charge in [-0.05, 0) is 60.7 Å². The van der Waals surface area contributed by atoms with Crippen molar-refractivity contribution in [1.82, 2.24) is 14.5 Å². The summed E-state index contributed by atoms with van der Waals surface area (Å²) < 4.78 is 26.4. The summed E-state index contributed by atoms with van der Waals surface area (Å²) in [6.07, 6.45) is 3.52. The molecule has 0 saturated carbocycles. The summed E-state index contributed by atoms with van der Waals surface area (Å²) >= 11 is 0. The SMILES string of the molecule is Fc1ccc(Oc2ccc(OCCn3cccc4ncnc3-4)cc2)cc1. The third-order valence-electron chi connectivity index (χ3n) is 3.87. The fourth-order valence-corrected chi connectivity index (χ4v) is 2.60. The lowest BCUT2D eigenvalue weighted by molar-refractivity contribution is 0.298. The van der Waals surface area contributed by atoms with E-state index in [-0.39, 0.29) is 5.82 Å². The van der Waals surface area contributed by atoms with E-state index in [0.29, 0.717) is 24.7 Å². The van der Waals surface area contributed by atoms with Crippen LogP contribution in [0.1, 0.15) is 0 Å². The Bertz CT molecular complexity index is 952. The molecule has 2 aliphatic rings. The van der Waals surface area contributed by atoms with Gasteiger partial charge in [0.1, 0.15) is 41.7 Å². The van der Waals surface area contributed by atoms with Gasteiger partial charge in [0.05, 0.1) is 6.54 Å². The van der Waals surface area contributed by atoms with Gasteiger partial charge in [-0.3, -0.25) is 0 Å². The van der Waals surface area contributed by atoms with Crippen LogP contribution >= 0.6 is 0 Å². The summed E-state index contributed by atoms with van der Waals surface area (Å²) in [6.45, 7) is 1.18. The summed E-state index contributed by atoms with van der Waals surface area (Å²) in [5.41, 5.74) is 0.870. The number of halogens is 1. The summed E-state index contributed by atoms with van der Waals surface area (Å²) in [5.74, 6) is 2.55. The molecule has 2 aromatic rings. The van der Waals surface area contributed by atoms with E-state index >= 15 is 0 Å². The maximum atomic E-state index is 12.9. The first-order chi connectivity index (χ1) is 12.8. The summed E-state index contributed by atoms with van der Waals surface area (Å²) in [6, 6.07) is 17.1. The zero-order chi connectivity index (χ0) is 17.8. The highest BCUT2D eigenvalue weighted by atomic mass is 19.1. The third-order valence-corrected chi connectivity index (χ3v) is 3.87. The van der Waals surface area contributed by atoms with Gasteiger partial charge < -0.3 is 14.0 Å². The second kappa shape index (κ2) is 7.23. The Kier molecular flexibility index (Phi) is 4.47. The van der Waals surface area contributed by atoms with Gasteiger partial charge in [0, 0.05) is 6.20 Å². The topological polar surface area (TPSA) is 49.2 Å². The molecule has 0 unspecified atom stereocenters. The van der Waals surface area contributed by atoms with Crippen molar-refractivity contribution in [1.29, 1.82) is 0 Å². The molecule has 0 saturated heterocycles. The van der Waals surface area contributed by atoms with E-state index in [1.54, 1.807) is 18.5 Å². The second-order valence-corrected chi connectivity index (χ2v) is 5.66. The Morgan fingerprint density at radius 2 is 1.54 bits per heavy atom. The Morgan fingerprint density at radius 3 is 2.31 bits per heavy atom. The van der Waals surface area contributed by atoms with E-state index in [1.165, 1.54) is 12.1 Å². The molecule has 6 heteroatoms. The molecule has 0 atom stereocenters. The number of pyridine rings is 1. The van der Waals surface area contributed by atoms with Crippen LogP contribution in [0.2, 0.25) is 0 Å². The van der Waals surface area contributed by atoms with Crippen molar-refractivity contribution in [3.8, 4) is 28.8 Å². The highest BCUT2D eigenvalue weighted by molar-refractivity contribution is 5.50. The molecule has 2 aromatic carbocycles. The molecule has 0 fully saturated rings. The second-order valence-electron chi connectivity index (χ2n) is 5.66.